The van der Waals surface area contributed by atoms with Gasteiger partial charge in [0.05, 0.1) is 17.3 Å². The molecular weight excluding hydrogens is 242 g/mol. The summed E-state index contributed by atoms with van der Waals surface area (Å²) in [7, 11) is 0. The van der Waals surface area contributed by atoms with Crippen LogP contribution in [0.2, 0.25) is 0 Å². The van der Waals surface area contributed by atoms with Crippen molar-refractivity contribution in [2.45, 2.75) is 26.2 Å². The van der Waals surface area contributed by atoms with Crippen LogP contribution in [0.4, 0.5) is 5.13 Å². The van der Waals surface area contributed by atoms with Crippen molar-refractivity contribution >= 4 is 16.5 Å². The van der Waals surface area contributed by atoms with Crippen molar-refractivity contribution in [2.24, 2.45) is 0 Å². The molecule has 0 atom stereocenters. The highest BCUT2D eigenvalue weighted by Crippen LogP contribution is 2.25. The number of hydrogen-bond donors (Lipinski definition) is 1. The van der Waals surface area contributed by atoms with Crippen molar-refractivity contribution in [3.8, 4) is 6.07 Å². The molecule has 0 saturated heterocycles. The summed E-state index contributed by atoms with van der Waals surface area (Å²) in [6.07, 6.45) is 2.74. The van der Waals surface area contributed by atoms with Crippen LogP contribution in [-0.2, 0) is 12.8 Å². The molecule has 1 aromatic heterocycles. The molecule has 0 spiro atoms. The molecule has 0 saturated carbocycles. The number of rotatable bonds is 4. The van der Waals surface area contributed by atoms with Gasteiger partial charge in [0.1, 0.15) is 0 Å². The van der Waals surface area contributed by atoms with Crippen molar-refractivity contribution in [3.63, 3.8) is 0 Å². The molecule has 0 aliphatic heterocycles. The zero-order valence-electron chi connectivity index (χ0n) is 10.3. The molecule has 0 amide bonds. The first-order valence-corrected chi connectivity index (χ1v) is 6.78. The highest BCUT2D eigenvalue weighted by molar-refractivity contribution is 7.15. The molecule has 2 aromatic rings. The highest BCUT2D eigenvalue weighted by Gasteiger charge is 2.11. The van der Waals surface area contributed by atoms with Crippen LogP contribution in [-0.4, -0.2) is 4.98 Å². The summed E-state index contributed by atoms with van der Waals surface area (Å²) in [5.41, 5.74) is 8.62. The Kier molecular flexibility index (Phi) is 3.96. The van der Waals surface area contributed by atoms with E-state index in [4.69, 9.17) is 11.0 Å². The first-order chi connectivity index (χ1) is 8.74. The average molecular weight is 257 g/mol. The van der Waals surface area contributed by atoms with Gasteiger partial charge in [0.2, 0.25) is 0 Å². The van der Waals surface area contributed by atoms with Gasteiger partial charge in [-0.3, -0.25) is 0 Å². The summed E-state index contributed by atoms with van der Waals surface area (Å²) in [5.74, 6) is 0. The zero-order chi connectivity index (χ0) is 13.0. The van der Waals surface area contributed by atoms with Crippen LogP contribution in [0.3, 0.4) is 0 Å². The topological polar surface area (TPSA) is 62.7 Å². The summed E-state index contributed by atoms with van der Waals surface area (Å²) >= 11 is 1.53. The Balaban J connectivity index is 2.31. The van der Waals surface area contributed by atoms with Crippen LogP contribution < -0.4 is 5.73 Å². The van der Waals surface area contributed by atoms with Gasteiger partial charge in [-0.2, -0.15) is 5.26 Å². The maximum Gasteiger partial charge on any atom is 0.180 e. The molecule has 1 heterocycles. The maximum absolute atomic E-state index is 9.09. The lowest BCUT2D eigenvalue weighted by Crippen LogP contribution is -1.95. The number of anilines is 1. The first kappa shape index (κ1) is 12.6. The second-order valence-corrected chi connectivity index (χ2v) is 5.23. The lowest BCUT2D eigenvalue weighted by atomic mass is 10.0. The number of nitrogen functional groups attached to an aromatic ring is 1. The summed E-state index contributed by atoms with van der Waals surface area (Å²) < 4.78 is 0. The minimum absolute atomic E-state index is 0.614. The quantitative estimate of drug-likeness (QED) is 0.915. The molecule has 0 aliphatic rings. The summed E-state index contributed by atoms with van der Waals surface area (Å²) in [5, 5.41) is 9.70. The van der Waals surface area contributed by atoms with Gasteiger partial charge < -0.3 is 5.73 Å². The van der Waals surface area contributed by atoms with E-state index in [0.717, 1.165) is 36.1 Å². The molecule has 0 unspecified atom stereocenters. The summed E-state index contributed by atoms with van der Waals surface area (Å²) in [6.45, 7) is 2.13. The summed E-state index contributed by atoms with van der Waals surface area (Å²) in [4.78, 5) is 5.54. The van der Waals surface area contributed by atoms with Gasteiger partial charge in [-0.05, 0) is 18.1 Å². The van der Waals surface area contributed by atoms with Crippen molar-refractivity contribution in [2.75, 3.05) is 5.73 Å². The van der Waals surface area contributed by atoms with E-state index in [9.17, 15) is 0 Å². The minimum Gasteiger partial charge on any atom is -0.375 e. The highest BCUT2D eigenvalue weighted by atomic mass is 32.1. The molecule has 1 aromatic carbocycles. The Hall–Kier alpha value is -1.86. The predicted octanol–water partition coefficient (Wildman–Crippen LogP) is 3.14. The smallest absolute Gasteiger partial charge is 0.180 e. The third kappa shape index (κ3) is 2.69. The van der Waals surface area contributed by atoms with E-state index in [0.29, 0.717) is 5.13 Å². The van der Waals surface area contributed by atoms with Crippen LogP contribution in [0.15, 0.2) is 24.3 Å². The molecule has 3 nitrogen and oxygen atoms in total. The average Bonchev–Trinajstić information content (AvgIpc) is 2.71. The second kappa shape index (κ2) is 5.65. The molecule has 18 heavy (non-hydrogen) atoms. The Morgan fingerprint density at radius 3 is 2.89 bits per heavy atom. The van der Waals surface area contributed by atoms with Crippen LogP contribution >= 0.6 is 11.3 Å². The number of aryl methyl sites for hydroxylation is 1. The van der Waals surface area contributed by atoms with E-state index in [-0.39, 0.29) is 0 Å². The molecule has 0 aliphatic carbocycles. The van der Waals surface area contributed by atoms with Gasteiger partial charge in [-0.25, -0.2) is 4.98 Å². The maximum atomic E-state index is 9.09. The number of thiazole rings is 1. The van der Waals surface area contributed by atoms with Gasteiger partial charge >= 0.3 is 0 Å². The molecular formula is C14H15N3S. The van der Waals surface area contributed by atoms with E-state index in [2.05, 4.69) is 18.0 Å². The minimum atomic E-state index is 0.614. The predicted molar refractivity (Wildman–Crippen MR) is 74.5 cm³/mol. The van der Waals surface area contributed by atoms with Gasteiger partial charge in [-0.15, -0.1) is 11.3 Å². The first-order valence-electron chi connectivity index (χ1n) is 5.96. The number of benzene rings is 1. The molecule has 92 valence electrons. The van der Waals surface area contributed by atoms with Crippen LogP contribution in [0.25, 0.3) is 0 Å². The van der Waals surface area contributed by atoms with E-state index in [1.54, 1.807) is 0 Å². The molecule has 2 rings (SSSR count). The molecule has 4 heteroatoms. The SMILES string of the molecule is CCCc1nc(N)sc1Cc1ccccc1C#N. The summed E-state index contributed by atoms with van der Waals surface area (Å²) in [6, 6.07) is 9.91. The normalized spacial score (nSPS) is 10.2. The number of hydrogen-bond acceptors (Lipinski definition) is 4. The monoisotopic (exact) mass is 257 g/mol. The largest absolute Gasteiger partial charge is 0.375 e. The van der Waals surface area contributed by atoms with E-state index >= 15 is 0 Å². The van der Waals surface area contributed by atoms with Crippen molar-refractivity contribution in [1.29, 1.82) is 5.26 Å². The van der Waals surface area contributed by atoms with E-state index < -0.39 is 0 Å². The van der Waals surface area contributed by atoms with Crippen LogP contribution in [0.1, 0.15) is 35.0 Å². The van der Waals surface area contributed by atoms with Gasteiger partial charge in [-0.1, -0.05) is 31.5 Å². The number of aromatic nitrogens is 1. The number of nitriles is 1. The van der Waals surface area contributed by atoms with Gasteiger partial charge in [0, 0.05) is 11.3 Å². The van der Waals surface area contributed by atoms with Gasteiger partial charge in [0.15, 0.2) is 5.13 Å². The van der Waals surface area contributed by atoms with Gasteiger partial charge in [0.25, 0.3) is 0 Å². The fourth-order valence-corrected chi connectivity index (χ4v) is 2.83. The lowest BCUT2D eigenvalue weighted by molar-refractivity contribution is 0.879. The third-order valence-electron chi connectivity index (χ3n) is 2.77. The van der Waals surface area contributed by atoms with Crippen molar-refractivity contribution in [3.05, 3.63) is 46.0 Å². The van der Waals surface area contributed by atoms with Crippen molar-refractivity contribution in [1.82, 2.24) is 4.98 Å². The number of nitrogens with zero attached hydrogens (tertiary/aromatic N) is 2. The van der Waals surface area contributed by atoms with Crippen LogP contribution in [0.5, 0.6) is 0 Å². The molecule has 0 fully saturated rings. The zero-order valence-corrected chi connectivity index (χ0v) is 11.1. The number of nitrogens with two attached hydrogens (primary N) is 1. The van der Waals surface area contributed by atoms with Crippen molar-refractivity contribution < 1.29 is 0 Å². The third-order valence-corrected chi connectivity index (χ3v) is 3.70. The Bertz CT molecular complexity index is 581. The van der Waals surface area contributed by atoms with E-state index in [1.807, 2.05) is 24.3 Å². The lowest BCUT2D eigenvalue weighted by Gasteiger charge is -2.03. The standard InChI is InChI=1S/C14H15N3S/c1-2-5-12-13(18-14(16)17-12)8-10-6-3-4-7-11(10)9-15/h3-4,6-7H,2,5,8H2,1H3,(H2,16,17). The van der Waals surface area contributed by atoms with E-state index in [1.165, 1.54) is 16.2 Å². The fourth-order valence-electron chi connectivity index (χ4n) is 1.93. The second-order valence-electron chi connectivity index (χ2n) is 4.12. The fraction of sp³-hybridized carbons (Fsp3) is 0.286. The Morgan fingerprint density at radius 2 is 2.17 bits per heavy atom. The Morgan fingerprint density at radius 1 is 1.39 bits per heavy atom. The Labute approximate surface area is 111 Å². The van der Waals surface area contributed by atoms with Crippen LogP contribution in [0, 0.1) is 11.3 Å². The molecule has 0 bridgehead atoms. The molecule has 2 N–H and O–H groups in total. The molecule has 0 radical (unpaired) electrons.